The Hall–Kier alpha value is -2.24. The summed E-state index contributed by atoms with van der Waals surface area (Å²) in [4.78, 5) is 23.5. The van der Waals surface area contributed by atoms with E-state index in [0.29, 0.717) is 31.1 Å². The third-order valence-corrected chi connectivity index (χ3v) is 3.29. The number of amides is 1. The highest BCUT2D eigenvalue weighted by Crippen LogP contribution is 2.27. The van der Waals surface area contributed by atoms with Gasteiger partial charge in [-0.05, 0) is 24.1 Å². The zero-order valence-electron chi connectivity index (χ0n) is 10.8. The van der Waals surface area contributed by atoms with Gasteiger partial charge in [-0.3, -0.25) is 4.79 Å². The molecule has 0 spiro atoms. The molecule has 0 saturated carbocycles. The van der Waals surface area contributed by atoms with Gasteiger partial charge in [0.2, 0.25) is 5.91 Å². The molecule has 106 valence electrons. The summed E-state index contributed by atoms with van der Waals surface area (Å²) >= 11 is 0. The summed E-state index contributed by atoms with van der Waals surface area (Å²) in [6.07, 6.45) is 2.06. The summed E-state index contributed by atoms with van der Waals surface area (Å²) in [6.45, 7) is 2.22. The second-order valence-corrected chi connectivity index (χ2v) is 4.56. The molecule has 1 aliphatic heterocycles. The maximum absolute atomic E-state index is 13.9. The maximum atomic E-state index is 13.9. The first-order valence-electron chi connectivity index (χ1n) is 6.07. The Morgan fingerprint density at radius 3 is 2.45 bits per heavy atom. The molecule has 0 saturated heterocycles. The lowest BCUT2D eigenvalue weighted by Crippen LogP contribution is -2.32. The molecule has 1 heterocycles. The van der Waals surface area contributed by atoms with Crippen LogP contribution in [0.15, 0.2) is 18.2 Å². The molecule has 1 N–H and O–H groups in total. The molecule has 0 fully saturated rings. The molecule has 4 nitrogen and oxygen atoms in total. The molecule has 2 rings (SSSR count). The highest BCUT2D eigenvalue weighted by molar-refractivity contribution is 5.88. The standard InChI is InChI=1S/C14H13F2NO3/c1-8(18)17-4-2-9(3-5-17)10-6-13(16)11(14(19)20)7-12(10)15/h2,6-7H,3-5H2,1H3,(H,19,20). The number of carboxylic acids is 1. The van der Waals surface area contributed by atoms with Gasteiger partial charge in [0.05, 0.1) is 5.56 Å². The fraction of sp³-hybridized carbons (Fsp3) is 0.286. The van der Waals surface area contributed by atoms with Crippen LogP contribution in [0.3, 0.4) is 0 Å². The Morgan fingerprint density at radius 1 is 1.25 bits per heavy atom. The SMILES string of the molecule is CC(=O)N1CC=C(c2cc(F)c(C(=O)O)cc2F)CC1. The first-order chi connectivity index (χ1) is 9.40. The van der Waals surface area contributed by atoms with Gasteiger partial charge in [-0.2, -0.15) is 0 Å². The van der Waals surface area contributed by atoms with E-state index in [4.69, 9.17) is 5.11 Å². The highest BCUT2D eigenvalue weighted by atomic mass is 19.1. The Bertz CT molecular complexity index is 611. The Balaban J connectivity index is 2.33. The number of halogens is 2. The number of benzene rings is 1. The van der Waals surface area contributed by atoms with Crippen LogP contribution in [0.5, 0.6) is 0 Å². The van der Waals surface area contributed by atoms with E-state index in [1.807, 2.05) is 0 Å². The van der Waals surface area contributed by atoms with Crippen LogP contribution in [-0.2, 0) is 4.79 Å². The number of hydrogen-bond acceptors (Lipinski definition) is 2. The largest absolute Gasteiger partial charge is 0.478 e. The van der Waals surface area contributed by atoms with E-state index in [0.717, 1.165) is 6.07 Å². The normalized spacial score (nSPS) is 14.9. The Kier molecular flexibility index (Phi) is 3.83. The van der Waals surface area contributed by atoms with Gasteiger partial charge in [0.25, 0.3) is 0 Å². The molecule has 0 atom stereocenters. The van der Waals surface area contributed by atoms with Gasteiger partial charge >= 0.3 is 5.97 Å². The van der Waals surface area contributed by atoms with Crippen LogP contribution in [0.25, 0.3) is 5.57 Å². The van der Waals surface area contributed by atoms with Crippen molar-refractivity contribution in [3.63, 3.8) is 0 Å². The van der Waals surface area contributed by atoms with Crippen molar-refractivity contribution in [2.45, 2.75) is 13.3 Å². The van der Waals surface area contributed by atoms with Gasteiger partial charge in [-0.25, -0.2) is 13.6 Å². The summed E-state index contributed by atoms with van der Waals surface area (Å²) in [5.41, 5.74) is -0.0560. The minimum Gasteiger partial charge on any atom is -0.478 e. The van der Waals surface area contributed by atoms with E-state index in [-0.39, 0.29) is 11.5 Å². The number of carbonyl (C=O) groups is 2. The van der Waals surface area contributed by atoms with Gasteiger partial charge in [0, 0.05) is 25.6 Å². The number of rotatable bonds is 2. The van der Waals surface area contributed by atoms with Crippen LogP contribution in [0.2, 0.25) is 0 Å². The fourth-order valence-corrected chi connectivity index (χ4v) is 2.16. The lowest BCUT2D eigenvalue weighted by Gasteiger charge is -2.25. The number of nitrogens with zero attached hydrogens (tertiary/aromatic N) is 1. The molecule has 1 aromatic rings. The number of carbonyl (C=O) groups excluding carboxylic acids is 1. The van der Waals surface area contributed by atoms with Crippen molar-refractivity contribution in [1.29, 1.82) is 0 Å². The number of aromatic carboxylic acids is 1. The molecule has 6 heteroatoms. The maximum Gasteiger partial charge on any atom is 0.338 e. The molecule has 0 radical (unpaired) electrons. The van der Waals surface area contributed by atoms with Crippen LogP contribution in [0.1, 0.15) is 29.3 Å². The predicted molar refractivity (Wildman–Crippen MR) is 68.2 cm³/mol. The van der Waals surface area contributed by atoms with E-state index in [1.54, 1.807) is 11.0 Å². The van der Waals surface area contributed by atoms with Crippen LogP contribution >= 0.6 is 0 Å². The lowest BCUT2D eigenvalue weighted by atomic mass is 9.97. The van der Waals surface area contributed by atoms with Crippen LogP contribution in [0.4, 0.5) is 8.78 Å². The first-order valence-corrected chi connectivity index (χ1v) is 6.07. The second kappa shape index (κ2) is 5.40. The summed E-state index contributed by atoms with van der Waals surface area (Å²) in [5, 5.41) is 8.72. The van der Waals surface area contributed by atoms with Crippen molar-refractivity contribution in [2.75, 3.05) is 13.1 Å². The van der Waals surface area contributed by atoms with E-state index in [1.165, 1.54) is 6.92 Å². The quantitative estimate of drug-likeness (QED) is 0.905. The van der Waals surface area contributed by atoms with Gasteiger partial charge < -0.3 is 10.0 Å². The van der Waals surface area contributed by atoms with E-state index in [2.05, 4.69) is 0 Å². The average Bonchev–Trinajstić information content (AvgIpc) is 2.40. The second-order valence-electron chi connectivity index (χ2n) is 4.56. The zero-order chi connectivity index (χ0) is 14.9. The van der Waals surface area contributed by atoms with Crippen LogP contribution in [-0.4, -0.2) is 35.0 Å². The topological polar surface area (TPSA) is 57.6 Å². The van der Waals surface area contributed by atoms with E-state index >= 15 is 0 Å². The van der Waals surface area contributed by atoms with Gasteiger partial charge in [-0.15, -0.1) is 0 Å². The molecule has 20 heavy (non-hydrogen) atoms. The van der Waals surface area contributed by atoms with Crippen molar-refractivity contribution in [1.82, 2.24) is 4.90 Å². The summed E-state index contributed by atoms with van der Waals surface area (Å²) in [5.74, 6) is -3.32. The minimum absolute atomic E-state index is 0.0516. The zero-order valence-corrected chi connectivity index (χ0v) is 10.8. The molecule has 0 aromatic heterocycles. The molecule has 0 unspecified atom stereocenters. The lowest BCUT2D eigenvalue weighted by molar-refractivity contribution is -0.128. The molecule has 1 amide bonds. The van der Waals surface area contributed by atoms with E-state index < -0.39 is 23.2 Å². The van der Waals surface area contributed by atoms with Crippen LogP contribution in [0, 0.1) is 11.6 Å². The molecule has 0 bridgehead atoms. The van der Waals surface area contributed by atoms with Gasteiger partial charge in [0.15, 0.2) is 0 Å². The summed E-state index contributed by atoms with van der Waals surface area (Å²) < 4.78 is 27.5. The van der Waals surface area contributed by atoms with Gasteiger partial charge in [0.1, 0.15) is 11.6 Å². The van der Waals surface area contributed by atoms with Crippen molar-refractivity contribution < 1.29 is 23.5 Å². The average molecular weight is 281 g/mol. The fourth-order valence-electron chi connectivity index (χ4n) is 2.16. The highest BCUT2D eigenvalue weighted by Gasteiger charge is 2.20. The summed E-state index contributed by atoms with van der Waals surface area (Å²) in [7, 11) is 0. The smallest absolute Gasteiger partial charge is 0.338 e. The molecule has 1 aliphatic rings. The summed E-state index contributed by atoms with van der Waals surface area (Å²) in [6, 6.07) is 1.58. The van der Waals surface area contributed by atoms with Crippen molar-refractivity contribution >= 4 is 17.4 Å². The van der Waals surface area contributed by atoms with Crippen molar-refractivity contribution in [2.24, 2.45) is 0 Å². The monoisotopic (exact) mass is 281 g/mol. The molecular formula is C14H13F2NO3. The van der Waals surface area contributed by atoms with E-state index in [9.17, 15) is 18.4 Å². The Morgan fingerprint density at radius 2 is 1.95 bits per heavy atom. The van der Waals surface area contributed by atoms with Crippen molar-refractivity contribution in [3.05, 3.63) is 41.0 Å². The van der Waals surface area contributed by atoms with Crippen molar-refractivity contribution in [3.8, 4) is 0 Å². The number of hydrogen-bond donors (Lipinski definition) is 1. The van der Waals surface area contributed by atoms with Crippen LogP contribution < -0.4 is 0 Å². The number of carboxylic acid groups (broad SMARTS) is 1. The third-order valence-electron chi connectivity index (χ3n) is 3.29. The third kappa shape index (κ3) is 2.68. The molecule has 1 aromatic carbocycles. The minimum atomic E-state index is -1.51. The van der Waals surface area contributed by atoms with Gasteiger partial charge in [-0.1, -0.05) is 6.08 Å². The molecular weight excluding hydrogens is 268 g/mol. The first kappa shape index (κ1) is 14.2. The Labute approximate surface area is 114 Å². The predicted octanol–water partition coefficient (Wildman–Crippen LogP) is 2.30. The molecule has 0 aliphatic carbocycles.